The normalized spacial score (nSPS) is 10.4. The summed E-state index contributed by atoms with van der Waals surface area (Å²) in [7, 11) is 3.11. The van der Waals surface area contributed by atoms with Crippen molar-refractivity contribution in [1.29, 1.82) is 0 Å². The Balaban J connectivity index is 2.50. The van der Waals surface area contributed by atoms with E-state index in [0.717, 1.165) is 5.56 Å². The Labute approximate surface area is 121 Å². The van der Waals surface area contributed by atoms with Gasteiger partial charge in [0.05, 0.1) is 12.8 Å². The predicted octanol–water partition coefficient (Wildman–Crippen LogP) is 1.47. The van der Waals surface area contributed by atoms with Crippen LogP contribution in [0.3, 0.4) is 0 Å². The minimum atomic E-state index is -0.937. The molecule has 0 aliphatic carbocycles. The third-order valence-electron chi connectivity index (χ3n) is 3.13. The van der Waals surface area contributed by atoms with Gasteiger partial charge in [-0.2, -0.15) is 5.10 Å². The first-order valence-corrected chi connectivity index (χ1v) is 6.45. The van der Waals surface area contributed by atoms with Crippen LogP contribution in [0.25, 0.3) is 11.3 Å². The molecule has 1 N–H and O–H groups in total. The van der Waals surface area contributed by atoms with Crippen molar-refractivity contribution in [2.45, 2.75) is 12.8 Å². The third kappa shape index (κ3) is 3.28. The predicted molar refractivity (Wildman–Crippen MR) is 77.4 cm³/mol. The van der Waals surface area contributed by atoms with Crippen LogP contribution in [0.5, 0.6) is 5.75 Å². The van der Waals surface area contributed by atoms with Crippen molar-refractivity contribution in [3.05, 3.63) is 46.2 Å². The van der Waals surface area contributed by atoms with Crippen molar-refractivity contribution in [3.8, 4) is 17.0 Å². The summed E-state index contributed by atoms with van der Waals surface area (Å²) in [4.78, 5) is 22.7. The number of hydrogen-bond acceptors (Lipinski definition) is 4. The average molecular weight is 288 g/mol. The van der Waals surface area contributed by atoms with Gasteiger partial charge in [0, 0.05) is 24.6 Å². The summed E-state index contributed by atoms with van der Waals surface area (Å²) in [5.41, 5.74) is 1.48. The molecule has 0 saturated carbocycles. The van der Waals surface area contributed by atoms with Gasteiger partial charge in [-0.3, -0.25) is 9.59 Å². The second kappa shape index (κ2) is 6.21. The van der Waals surface area contributed by atoms with E-state index in [9.17, 15) is 9.59 Å². The summed E-state index contributed by atoms with van der Waals surface area (Å²) in [6.07, 6.45) is 0.0806. The van der Waals surface area contributed by atoms with Crippen LogP contribution in [-0.2, 0) is 18.3 Å². The average Bonchev–Trinajstić information content (AvgIpc) is 2.48. The molecule has 0 saturated heterocycles. The fourth-order valence-electron chi connectivity index (χ4n) is 2.08. The molecule has 110 valence electrons. The molecule has 0 unspecified atom stereocenters. The molecule has 0 amide bonds. The van der Waals surface area contributed by atoms with Crippen LogP contribution in [-0.4, -0.2) is 28.0 Å². The van der Waals surface area contributed by atoms with Crippen LogP contribution in [0.1, 0.15) is 12.0 Å². The van der Waals surface area contributed by atoms with Crippen LogP contribution in [0, 0.1) is 0 Å². The molecule has 1 aromatic carbocycles. The van der Waals surface area contributed by atoms with Gasteiger partial charge in [0.15, 0.2) is 0 Å². The molecule has 0 aliphatic rings. The Kier molecular flexibility index (Phi) is 4.37. The highest BCUT2D eigenvalue weighted by molar-refractivity contribution is 5.68. The molecule has 1 aromatic heterocycles. The zero-order valence-electron chi connectivity index (χ0n) is 11.9. The van der Waals surface area contributed by atoms with E-state index in [-0.39, 0.29) is 18.4 Å². The summed E-state index contributed by atoms with van der Waals surface area (Å²) >= 11 is 0. The van der Waals surface area contributed by atoms with E-state index in [1.54, 1.807) is 26.3 Å². The minimum Gasteiger partial charge on any atom is -0.496 e. The highest BCUT2D eigenvalue weighted by atomic mass is 16.5. The molecule has 0 bridgehead atoms. The molecule has 6 nitrogen and oxygen atoms in total. The number of nitrogens with zero attached hydrogens (tertiary/aromatic N) is 2. The van der Waals surface area contributed by atoms with Gasteiger partial charge in [-0.25, -0.2) is 4.68 Å². The number of aryl methyl sites for hydroxylation is 2. The van der Waals surface area contributed by atoms with Gasteiger partial charge in [0.25, 0.3) is 5.56 Å². The first-order valence-electron chi connectivity index (χ1n) is 6.45. The molecule has 0 fully saturated rings. The lowest BCUT2D eigenvalue weighted by molar-refractivity contribution is -0.136. The van der Waals surface area contributed by atoms with Gasteiger partial charge in [-0.1, -0.05) is 12.1 Å². The van der Waals surface area contributed by atoms with Crippen LogP contribution in [0.2, 0.25) is 0 Å². The number of carbonyl (C=O) groups is 1. The summed E-state index contributed by atoms with van der Waals surface area (Å²) in [6, 6.07) is 8.96. The number of rotatable bonds is 5. The largest absolute Gasteiger partial charge is 0.496 e. The highest BCUT2D eigenvalue weighted by Gasteiger charge is 2.12. The zero-order valence-corrected chi connectivity index (χ0v) is 11.9. The lowest BCUT2D eigenvalue weighted by Gasteiger charge is -2.10. The number of hydrogen-bond donors (Lipinski definition) is 1. The van der Waals surface area contributed by atoms with Crippen molar-refractivity contribution in [2.75, 3.05) is 7.11 Å². The molecule has 0 aliphatic heterocycles. The molecule has 6 heteroatoms. The van der Waals surface area contributed by atoms with E-state index >= 15 is 0 Å². The second-order valence-electron chi connectivity index (χ2n) is 4.58. The van der Waals surface area contributed by atoms with Gasteiger partial charge in [-0.15, -0.1) is 0 Å². The Morgan fingerprint density at radius 2 is 2.10 bits per heavy atom. The molecular formula is C15H16N2O4. The second-order valence-corrected chi connectivity index (χ2v) is 4.58. The third-order valence-corrected chi connectivity index (χ3v) is 3.13. The lowest BCUT2D eigenvalue weighted by Crippen LogP contribution is -2.24. The highest BCUT2D eigenvalue weighted by Crippen LogP contribution is 2.27. The monoisotopic (exact) mass is 288 g/mol. The first kappa shape index (κ1) is 14.8. The van der Waals surface area contributed by atoms with E-state index in [1.165, 1.54) is 4.68 Å². The molecule has 0 atom stereocenters. The maximum atomic E-state index is 12.0. The van der Waals surface area contributed by atoms with Crippen LogP contribution in [0.4, 0.5) is 0 Å². The number of carboxylic acid groups (broad SMARTS) is 1. The number of aromatic nitrogens is 2. The Morgan fingerprint density at radius 1 is 1.38 bits per heavy atom. The lowest BCUT2D eigenvalue weighted by atomic mass is 10.1. The number of benzene rings is 1. The topological polar surface area (TPSA) is 81.4 Å². The fourth-order valence-corrected chi connectivity index (χ4v) is 2.08. The molecule has 2 rings (SSSR count). The molecule has 0 spiro atoms. The van der Waals surface area contributed by atoms with Crippen LogP contribution in [0.15, 0.2) is 35.1 Å². The summed E-state index contributed by atoms with van der Waals surface area (Å²) in [5.74, 6) is -0.291. The van der Waals surface area contributed by atoms with Crippen LogP contribution >= 0.6 is 0 Å². The Morgan fingerprint density at radius 3 is 2.76 bits per heavy atom. The molecular weight excluding hydrogens is 272 g/mol. The van der Waals surface area contributed by atoms with Crippen molar-refractivity contribution in [1.82, 2.24) is 9.78 Å². The summed E-state index contributed by atoms with van der Waals surface area (Å²) in [5, 5.41) is 13.0. The number of aliphatic carboxylic acids is 1. The smallest absolute Gasteiger partial charge is 0.303 e. The zero-order chi connectivity index (χ0) is 15.4. The van der Waals surface area contributed by atoms with Gasteiger partial charge >= 0.3 is 5.97 Å². The number of methoxy groups -OCH3 is 1. The van der Waals surface area contributed by atoms with Crippen molar-refractivity contribution >= 4 is 5.97 Å². The van der Waals surface area contributed by atoms with E-state index in [2.05, 4.69) is 5.10 Å². The van der Waals surface area contributed by atoms with Gasteiger partial charge < -0.3 is 9.84 Å². The van der Waals surface area contributed by atoms with Gasteiger partial charge in [0.1, 0.15) is 5.75 Å². The molecule has 21 heavy (non-hydrogen) atoms. The number of para-hydroxylation sites is 1. The van der Waals surface area contributed by atoms with E-state index < -0.39 is 5.97 Å². The minimum absolute atomic E-state index is 0.0926. The van der Waals surface area contributed by atoms with E-state index in [0.29, 0.717) is 17.0 Å². The first-order chi connectivity index (χ1) is 10.0. The maximum absolute atomic E-state index is 12.0. The summed E-state index contributed by atoms with van der Waals surface area (Å²) in [6.45, 7) is 0. The Hall–Kier alpha value is -2.63. The quantitative estimate of drug-likeness (QED) is 0.901. The molecule has 1 heterocycles. The molecule has 0 radical (unpaired) electrons. The SMILES string of the molecule is COc1ccccc1-c1cc(CCC(=O)O)c(=O)n(C)n1. The number of ether oxygens (including phenoxy) is 1. The van der Waals surface area contributed by atoms with E-state index in [1.807, 2.05) is 18.2 Å². The number of carboxylic acids is 1. The fraction of sp³-hybridized carbons (Fsp3) is 0.267. The van der Waals surface area contributed by atoms with Crippen LogP contribution < -0.4 is 10.3 Å². The summed E-state index contributed by atoms with van der Waals surface area (Å²) < 4.78 is 6.51. The van der Waals surface area contributed by atoms with Crippen molar-refractivity contribution < 1.29 is 14.6 Å². The van der Waals surface area contributed by atoms with Crippen molar-refractivity contribution in [2.24, 2.45) is 7.05 Å². The molecule has 2 aromatic rings. The standard InChI is InChI=1S/C15H16N2O4/c1-17-15(20)10(7-8-14(18)19)9-12(16-17)11-5-3-4-6-13(11)21-2/h3-6,9H,7-8H2,1-2H3,(H,18,19). The van der Waals surface area contributed by atoms with E-state index in [4.69, 9.17) is 9.84 Å². The van der Waals surface area contributed by atoms with Gasteiger partial charge in [0.2, 0.25) is 0 Å². The van der Waals surface area contributed by atoms with Crippen molar-refractivity contribution in [3.63, 3.8) is 0 Å². The Bertz CT molecular complexity index is 722. The maximum Gasteiger partial charge on any atom is 0.303 e. The van der Waals surface area contributed by atoms with Gasteiger partial charge in [-0.05, 0) is 24.6 Å².